The second kappa shape index (κ2) is 6.35. The summed E-state index contributed by atoms with van der Waals surface area (Å²) in [4.78, 5) is 15.9. The van der Waals surface area contributed by atoms with Crippen molar-refractivity contribution in [2.24, 2.45) is 0 Å². The highest BCUT2D eigenvalue weighted by molar-refractivity contribution is 7.10. The lowest BCUT2D eigenvalue weighted by Gasteiger charge is -2.33. The Labute approximate surface area is 119 Å². The lowest BCUT2D eigenvalue weighted by molar-refractivity contribution is -0.122. The van der Waals surface area contributed by atoms with Crippen molar-refractivity contribution in [3.8, 4) is 0 Å². The largest absolute Gasteiger partial charge is 0.323 e. The van der Waals surface area contributed by atoms with Crippen molar-refractivity contribution in [3.63, 3.8) is 0 Å². The van der Waals surface area contributed by atoms with Crippen LogP contribution < -0.4 is 5.32 Å². The van der Waals surface area contributed by atoms with Crippen LogP contribution in [0, 0.1) is 13.8 Å². The fourth-order valence-corrected chi connectivity index (χ4v) is 3.44. The SMILES string of the molecule is C=CCN1CCCCC1C(=O)Nc1c(C)csc1C. The molecule has 1 unspecified atom stereocenters. The van der Waals surface area contributed by atoms with E-state index in [0.717, 1.165) is 37.2 Å². The molecule has 0 radical (unpaired) electrons. The van der Waals surface area contributed by atoms with Crippen molar-refractivity contribution in [2.45, 2.75) is 39.2 Å². The van der Waals surface area contributed by atoms with E-state index in [1.807, 2.05) is 13.0 Å². The number of thiophene rings is 1. The van der Waals surface area contributed by atoms with Gasteiger partial charge in [-0.3, -0.25) is 9.69 Å². The predicted molar refractivity (Wildman–Crippen MR) is 81.8 cm³/mol. The van der Waals surface area contributed by atoms with Gasteiger partial charge in [0.2, 0.25) is 5.91 Å². The fourth-order valence-electron chi connectivity index (χ4n) is 2.64. The average Bonchev–Trinajstić information content (AvgIpc) is 2.71. The van der Waals surface area contributed by atoms with Crippen LogP contribution in [-0.4, -0.2) is 29.9 Å². The molecule has 1 aromatic rings. The maximum atomic E-state index is 12.5. The highest BCUT2D eigenvalue weighted by Crippen LogP contribution is 2.27. The summed E-state index contributed by atoms with van der Waals surface area (Å²) in [6.45, 7) is 9.66. The van der Waals surface area contributed by atoms with Crippen LogP contribution in [0.1, 0.15) is 29.7 Å². The third-order valence-corrected chi connectivity index (χ3v) is 4.72. The molecule has 1 saturated heterocycles. The second-order valence-electron chi connectivity index (χ2n) is 5.13. The zero-order valence-electron chi connectivity index (χ0n) is 11.7. The molecule has 1 amide bonds. The van der Waals surface area contributed by atoms with E-state index in [9.17, 15) is 4.79 Å². The summed E-state index contributed by atoms with van der Waals surface area (Å²) >= 11 is 1.69. The third kappa shape index (κ3) is 3.25. The van der Waals surface area contributed by atoms with Gasteiger partial charge < -0.3 is 5.32 Å². The van der Waals surface area contributed by atoms with Gasteiger partial charge in [-0.1, -0.05) is 12.5 Å². The first-order valence-corrected chi connectivity index (χ1v) is 7.72. The Morgan fingerprint density at radius 1 is 1.58 bits per heavy atom. The van der Waals surface area contributed by atoms with Crippen LogP contribution in [0.2, 0.25) is 0 Å². The molecule has 1 aromatic heterocycles. The lowest BCUT2D eigenvalue weighted by atomic mass is 10.0. The summed E-state index contributed by atoms with van der Waals surface area (Å²) < 4.78 is 0. The third-order valence-electron chi connectivity index (χ3n) is 3.69. The molecule has 0 aromatic carbocycles. The van der Waals surface area contributed by atoms with E-state index in [4.69, 9.17) is 0 Å². The summed E-state index contributed by atoms with van der Waals surface area (Å²) in [7, 11) is 0. The second-order valence-corrected chi connectivity index (χ2v) is 6.22. The standard InChI is InChI=1S/C15H22N2OS/c1-4-8-17-9-6-5-7-13(17)15(18)16-14-11(2)10-19-12(14)3/h4,10,13H,1,5-9H2,2-3H3,(H,16,18). The quantitative estimate of drug-likeness (QED) is 0.857. The molecule has 1 atom stereocenters. The summed E-state index contributed by atoms with van der Waals surface area (Å²) in [5.41, 5.74) is 2.15. The van der Waals surface area contributed by atoms with Crippen molar-refractivity contribution < 1.29 is 4.79 Å². The van der Waals surface area contributed by atoms with Crippen LogP contribution in [-0.2, 0) is 4.79 Å². The van der Waals surface area contributed by atoms with E-state index in [-0.39, 0.29) is 11.9 Å². The average molecular weight is 278 g/mol. The topological polar surface area (TPSA) is 32.3 Å². The van der Waals surface area contributed by atoms with Crippen molar-refractivity contribution in [2.75, 3.05) is 18.4 Å². The van der Waals surface area contributed by atoms with Gasteiger partial charge in [0, 0.05) is 11.4 Å². The van der Waals surface area contributed by atoms with Crippen LogP contribution >= 0.6 is 11.3 Å². The van der Waals surface area contributed by atoms with E-state index < -0.39 is 0 Å². The Bertz CT molecular complexity index is 447. The number of amides is 1. The smallest absolute Gasteiger partial charge is 0.241 e. The minimum absolute atomic E-state index is 0.00884. The van der Waals surface area contributed by atoms with Gasteiger partial charge in [0.1, 0.15) is 0 Å². The fraction of sp³-hybridized carbons (Fsp3) is 0.533. The van der Waals surface area contributed by atoms with Gasteiger partial charge in [-0.15, -0.1) is 17.9 Å². The number of rotatable bonds is 4. The van der Waals surface area contributed by atoms with Gasteiger partial charge in [0.05, 0.1) is 11.7 Å². The molecule has 1 aliphatic heterocycles. The molecule has 2 heterocycles. The molecule has 1 fully saturated rings. The number of nitrogens with one attached hydrogen (secondary N) is 1. The van der Waals surface area contributed by atoms with Crippen molar-refractivity contribution in [1.82, 2.24) is 4.90 Å². The van der Waals surface area contributed by atoms with E-state index >= 15 is 0 Å². The minimum atomic E-state index is -0.00884. The highest BCUT2D eigenvalue weighted by Gasteiger charge is 2.28. The van der Waals surface area contributed by atoms with E-state index in [2.05, 4.69) is 29.1 Å². The van der Waals surface area contributed by atoms with Crippen LogP contribution in [0.15, 0.2) is 18.0 Å². The van der Waals surface area contributed by atoms with Crippen LogP contribution in [0.5, 0.6) is 0 Å². The first-order chi connectivity index (χ1) is 9.13. The lowest BCUT2D eigenvalue weighted by Crippen LogP contribution is -2.47. The zero-order chi connectivity index (χ0) is 13.8. The van der Waals surface area contributed by atoms with Gasteiger partial charge in [-0.05, 0) is 44.2 Å². The summed E-state index contributed by atoms with van der Waals surface area (Å²) in [5.74, 6) is 0.131. The van der Waals surface area contributed by atoms with E-state index in [1.54, 1.807) is 11.3 Å². The predicted octanol–water partition coefficient (Wildman–Crippen LogP) is 3.34. The monoisotopic (exact) mass is 278 g/mol. The summed E-state index contributed by atoms with van der Waals surface area (Å²) in [6, 6.07) is -0.00884. The zero-order valence-corrected chi connectivity index (χ0v) is 12.6. The van der Waals surface area contributed by atoms with Gasteiger partial charge >= 0.3 is 0 Å². The number of aryl methyl sites for hydroxylation is 2. The normalized spacial score (nSPS) is 20.2. The number of anilines is 1. The molecule has 0 spiro atoms. The first kappa shape index (κ1) is 14.3. The maximum absolute atomic E-state index is 12.5. The Morgan fingerprint density at radius 2 is 2.37 bits per heavy atom. The number of likely N-dealkylation sites (tertiary alicyclic amines) is 1. The summed E-state index contributed by atoms with van der Waals surface area (Å²) in [6.07, 6.45) is 5.13. The molecule has 1 N–H and O–H groups in total. The Kier molecular flexibility index (Phi) is 4.77. The Balaban J connectivity index is 2.07. The first-order valence-electron chi connectivity index (χ1n) is 6.84. The Hall–Kier alpha value is -1.13. The summed E-state index contributed by atoms with van der Waals surface area (Å²) in [5, 5.41) is 5.20. The van der Waals surface area contributed by atoms with Crippen molar-refractivity contribution >= 4 is 22.9 Å². The minimum Gasteiger partial charge on any atom is -0.323 e. The van der Waals surface area contributed by atoms with Crippen molar-refractivity contribution in [1.29, 1.82) is 0 Å². The molecule has 2 rings (SSSR count). The molecular weight excluding hydrogens is 256 g/mol. The molecule has 19 heavy (non-hydrogen) atoms. The van der Waals surface area contributed by atoms with Crippen LogP contribution in [0.25, 0.3) is 0 Å². The highest BCUT2D eigenvalue weighted by atomic mass is 32.1. The number of carbonyl (C=O) groups is 1. The number of nitrogens with zero attached hydrogens (tertiary/aromatic N) is 1. The molecule has 4 heteroatoms. The van der Waals surface area contributed by atoms with E-state index in [1.165, 1.54) is 11.3 Å². The van der Waals surface area contributed by atoms with Gasteiger partial charge in [-0.25, -0.2) is 0 Å². The Morgan fingerprint density at radius 3 is 3.00 bits per heavy atom. The number of hydrogen-bond donors (Lipinski definition) is 1. The molecule has 3 nitrogen and oxygen atoms in total. The maximum Gasteiger partial charge on any atom is 0.241 e. The molecule has 0 aliphatic carbocycles. The van der Waals surface area contributed by atoms with Gasteiger partial charge in [0.15, 0.2) is 0 Å². The number of carbonyl (C=O) groups excluding carboxylic acids is 1. The number of hydrogen-bond acceptors (Lipinski definition) is 3. The molecular formula is C15H22N2OS. The molecule has 0 bridgehead atoms. The molecule has 1 aliphatic rings. The van der Waals surface area contributed by atoms with Crippen LogP contribution in [0.4, 0.5) is 5.69 Å². The molecule has 104 valence electrons. The van der Waals surface area contributed by atoms with Crippen molar-refractivity contribution in [3.05, 3.63) is 28.5 Å². The van der Waals surface area contributed by atoms with Gasteiger partial charge in [0.25, 0.3) is 0 Å². The van der Waals surface area contributed by atoms with E-state index in [0.29, 0.717) is 0 Å². The van der Waals surface area contributed by atoms with Gasteiger partial charge in [-0.2, -0.15) is 0 Å². The van der Waals surface area contributed by atoms with Crippen LogP contribution in [0.3, 0.4) is 0 Å². The molecule has 0 saturated carbocycles. The number of piperidine rings is 1.